The summed E-state index contributed by atoms with van der Waals surface area (Å²) < 4.78 is 0. The Morgan fingerprint density at radius 1 is 0.967 bits per heavy atom. The lowest BCUT2D eigenvalue weighted by molar-refractivity contribution is -0.140. The Kier molecular flexibility index (Phi) is 9.10. The van der Waals surface area contributed by atoms with Gasteiger partial charge in [0, 0.05) is 13.1 Å². The zero-order valence-electron chi connectivity index (χ0n) is 19.1. The molecular weight excluding hydrogens is 372 g/mol. The zero-order chi connectivity index (χ0) is 22.1. The number of nitrogens with zero attached hydrogens (tertiary/aromatic N) is 1. The molecule has 0 bridgehead atoms. The maximum absolute atomic E-state index is 13.3. The molecule has 0 radical (unpaired) electrons. The highest BCUT2D eigenvalue weighted by atomic mass is 16.2. The summed E-state index contributed by atoms with van der Waals surface area (Å²) >= 11 is 0. The molecule has 1 N–H and O–H groups in total. The van der Waals surface area contributed by atoms with E-state index in [4.69, 9.17) is 0 Å². The molecule has 4 nitrogen and oxygen atoms in total. The van der Waals surface area contributed by atoms with Crippen LogP contribution in [-0.2, 0) is 22.4 Å². The summed E-state index contributed by atoms with van der Waals surface area (Å²) in [4.78, 5) is 28.0. The Morgan fingerprint density at radius 2 is 1.67 bits per heavy atom. The standard InChI is InChI=1S/C26H36N2O2/c1-6-24(26(30)27-18-19(2)3)28(15-14-22-10-8-7-9-11-22)25(29)17-23-13-12-20(4)21(5)16-23/h7-13,16,19,24H,6,14-15,17-18H2,1-5H3,(H,27,30)/t24-/m0/s1. The van der Waals surface area contributed by atoms with Crippen molar-refractivity contribution in [3.05, 3.63) is 70.8 Å². The van der Waals surface area contributed by atoms with Gasteiger partial charge in [-0.15, -0.1) is 0 Å². The molecule has 2 amide bonds. The van der Waals surface area contributed by atoms with Gasteiger partial charge in [0.05, 0.1) is 6.42 Å². The first kappa shape index (κ1) is 23.7. The van der Waals surface area contributed by atoms with Crippen molar-refractivity contribution in [1.29, 1.82) is 0 Å². The molecule has 4 heteroatoms. The van der Waals surface area contributed by atoms with Crippen LogP contribution in [0.1, 0.15) is 49.4 Å². The number of nitrogens with one attached hydrogen (secondary N) is 1. The quantitative estimate of drug-likeness (QED) is 0.631. The topological polar surface area (TPSA) is 49.4 Å². The van der Waals surface area contributed by atoms with Crippen LogP contribution in [0, 0.1) is 19.8 Å². The predicted octanol–water partition coefficient (Wildman–Crippen LogP) is 4.47. The molecule has 0 saturated carbocycles. The van der Waals surface area contributed by atoms with Gasteiger partial charge in [-0.2, -0.15) is 0 Å². The second-order valence-electron chi connectivity index (χ2n) is 8.48. The van der Waals surface area contributed by atoms with Gasteiger partial charge in [-0.25, -0.2) is 0 Å². The van der Waals surface area contributed by atoms with E-state index in [0.29, 0.717) is 31.8 Å². The van der Waals surface area contributed by atoms with Crippen molar-refractivity contribution in [2.75, 3.05) is 13.1 Å². The molecule has 30 heavy (non-hydrogen) atoms. The molecule has 0 aliphatic carbocycles. The molecule has 0 saturated heterocycles. The Hall–Kier alpha value is -2.62. The van der Waals surface area contributed by atoms with Gasteiger partial charge in [0.2, 0.25) is 11.8 Å². The highest BCUT2D eigenvalue weighted by molar-refractivity contribution is 5.88. The van der Waals surface area contributed by atoms with E-state index in [1.807, 2.05) is 31.2 Å². The van der Waals surface area contributed by atoms with Gasteiger partial charge in [-0.1, -0.05) is 69.3 Å². The normalized spacial score (nSPS) is 11.9. The predicted molar refractivity (Wildman–Crippen MR) is 123 cm³/mol. The van der Waals surface area contributed by atoms with Crippen molar-refractivity contribution >= 4 is 11.8 Å². The average Bonchev–Trinajstić information content (AvgIpc) is 2.72. The van der Waals surface area contributed by atoms with Crippen LogP contribution in [0.25, 0.3) is 0 Å². The Labute approximate surface area is 181 Å². The van der Waals surface area contributed by atoms with E-state index in [-0.39, 0.29) is 11.8 Å². The number of hydrogen-bond acceptors (Lipinski definition) is 2. The Balaban J connectivity index is 2.20. The Bertz CT molecular complexity index is 830. The number of aryl methyl sites for hydroxylation is 2. The molecule has 0 fully saturated rings. The van der Waals surface area contributed by atoms with Crippen molar-refractivity contribution in [3.8, 4) is 0 Å². The smallest absolute Gasteiger partial charge is 0.242 e. The first-order valence-electron chi connectivity index (χ1n) is 11.0. The molecule has 2 aromatic carbocycles. The van der Waals surface area contributed by atoms with Crippen LogP contribution in [0.15, 0.2) is 48.5 Å². The highest BCUT2D eigenvalue weighted by Crippen LogP contribution is 2.15. The van der Waals surface area contributed by atoms with Gasteiger partial charge in [0.1, 0.15) is 6.04 Å². The monoisotopic (exact) mass is 408 g/mol. The second-order valence-corrected chi connectivity index (χ2v) is 8.48. The molecule has 0 unspecified atom stereocenters. The number of hydrogen-bond donors (Lipinski definition) is 1. The summed E-state index contributed by atoms with van der Waals surface area (Å²) in [7, 11) is 0. The third-order valence-corrected chi connectivity index (χ3v) is 5.48. The lowest BCUT2D eigenvalue weighted by Gasteiger charge is -2.31. The van der Waals surface area contributed by atoms with E-state index < -0.39 is 6.04 Å². The summed E-state index contributed by atoms with van der Waals surface area (Å²) in [6, 6.07) is 15.8. The van der Waals surface area contributed by atoms with Crippen LogP contribution < -0.4 is 5.32 Å². The van der Waals surface area contributed by atoms with E-state index in [9.17, 15) is 9.59 Å². The van der Waals surface area contributed by atoms with E-state index in [1.165, 1.54) is 16.7 Å². The van der Waals surface area contributed by atoms with Crippen LogP contribution in [-0.4, -0.2) is 35.8 Å². The summed E-state index contributed by atoms with van der Waals surface area (Å²) in [6.45, 7) is 11.4. The third-order valence-electron chi connectivity index (χ3n) is 5.48. The molecule has 0 heterocycles. The van der Waals surface area contributed by atoms with Crippen molar-refractivity contribution in [2.45, 2.75) is 59.9 Å². The van der Waals surface area contributed by atoms with Gasteiger partial charge in [0.25, 0.3) is 0 Å². The zero-order valence-corrected chi connectivity index (χ0v) is 19.1. The van der Waals surface area contributed by atoms with Gasteiger partial charge in [0.15, 0.2) is 0 Å². The van der Waals surface area contributed by atoms with E-state index in [1.54, 1.807) is 4.90 Å². The molecular formula is C26H36N2O2. The van der Waals surface area contributed by atoms with Gasteiger partial charge in [-0.3, -0.25) is 9.59 Å². The second kappa shape index (κ2) is 11.5. The van der Waals surface area contributed by atoms with Crippen LogP contribution in [0.4, 0.5) is 0 Å². The summed E-state index contributed by atoms with van der Waals surface area (Å²) in [6.07, 6.45) is 1.63. The van der Waals surface area contributed by atoms with E-state index in [2.05, 4.69) is 57.3 Å². The molecule has 2 aromatic rings. The fraction of sp³-hybridized carbons (Fsp3) is 0.462. The minimum absolute atomic E-state index is 0.000677. The van der Waals surface area contributed by atoms with Crippen LogP contribution >= 0.6 is 0 Å². The summed E-state index contributed by atoms with van der Waals surface area (Å²) in [5.74, 6) is 0.309. The number of amides is 2. The van der Waals surface area contributed by atoms with Crippen molar-refractivity contribution in [1.82, 2.24) is 10.2 Å². The lowest BCUT2D eigenvalue weighted by atomic mass is 10.0. The fourth-order valence-corrected chi connectivity index (χ4v) is 3.51. The van der Waals surface area contributed by atoms with Crippen LogP contribution in [0.5, 0.6) is 0 Å². The minimum Gasteiger partial charge on any atom is -0.354 e. The maximum Gasteiger partial charge on any atom is 0.242 e. The third kappa shape index (κ3) is 7.01. The number of carbonyl (C=O) groups is 2. The highest BCUT2D eigenvalue weighted by Gasteiger charge is 2.28. The molecule has 1 atom stereocenters. The van der Waals surface area contributed by atoms with Crippen LogP contribution in [0.3, 0.4) is 0 Å². The summed E-state index contributed by atoms with van der Waals surface area (Å²) in [5.41, 5.74) is 4.55. The maximum atomic E-state index is 13.3. The fourth-order valence-electron chi connectivity index (χ4n) is 3.51. The van der Waals surface area contributed by atoms with Crippen LogP contribution in [0.2, 0.25) is 0 Å². The minimum atomic E-state index is -0.452. The van der Waals surface area contributed by atoms with E-state index >= 15 is 0 Å². The molecule has 0 spiro atoms. The van der Waals surface area contributed by atoms with Gasteiger partial charge in [-0.05, 0) is 54.9 Å². The number of rotatable bonds is 10. The van der Waals surface area contributed by atoms with Crippen molar-refractivity contribution in [2.24, 2.45) is 5.92 Å². The number of benzene rings is 2. The van der Waals surface area contributed by atoms with Crippen molar-refractivity contribution in [3.63, 3.8) is 0 Å². The number of carbonyl (C=O) groups excluding carboxylic acids is 2. The average molecular weight is 409 g/mol. The molecule has 162 valence electrons. The van der Waals surface area contributed by atoms with Gasteiger partial charge < -0.3 is 10.2 Å². The molecule has 2 rings (SSSR count). The summed E-state index contributed by atoms with van der Waals surface area (Å²) in [5, 5.41) is 3.01. The van der Waals surface area contributed by atoms with Gasteiger partial charge >= 0.3 is 0 Å². The molecule has 0 aromatic heterocycles. The first-order valence-corrected chi connectivity index (χ1v) is 11.0. The van der Waals surface area contributed by atoms with E-state index in [0.717, 1.165) is 12.0 Å². The lowest BCUT2D eigenvalue weighted by Crippen LogP contribution is -2.51. The largest absolute Gasteiger partial charge is 0.354 e. The molecule has 0 aliphatic rings. The Morgan fingerprint density at radius 3 is 2.27 bits per heavy atom. The first-order chi connectivity index (χ1) is 14.3. The molecule has 0 aliphatic heterocycles. The SMILES string of the molecule is CC[C@@H](C(=O)NCC(C)C)N(CCc1ccccc1)C(=O)Cc1ccc(C)c(C)c1. The van der Waals surface area contributed by atoms with Crippen molar-refractivity contribution < 1.29 is 9.59 Å².